The summed E-state index contributed by atoms with van der Waals surface area (Å²) in [6.07, 6.45) is 2.02. The van der Waals surface area contributed by atoms with Crippen LogP contribution < -0.4 is 11.1 Å². The van der Waals surface area contributed by atoms with Gasteiger partial charge in [0.2, 0.25) is 5.91 Å². The molecule has 112 valence electrons. The Morgan fingerprint density at radius 2 is 2.19 bits per heavy atom. The highest BCUT2D eigenvalue weighted by Crippen LogP contribution is 2.30. The summed E-state index contributed by atoms with van der Waals surface area (Å²) < 4.78 is 1.82. The number of nitrogens with zero attached hydrogens (tertiary/aromatic N) is 2. The van der Waals surface area contributed by atoms with E-state index < -0.39 is 0 Å². The van der Waals surface area contributed by atoms with E-state index in [4.69, 9.17) is 5.73 Å². The molecule has 0 aliphatic rings. The Kier molecular flexibility index (Phi) is 4.90. The number of nitrogens with two attached hydrogens (primary N) is 1. The second-order valence-corrected chi connectivity index (χ2v) is 5.98. The van der Waals surface area contributed by atoms with Crippen LogP contribution in [0.25, 0.3) is 0 Å². The summed E-state index contributed by atoms with van der Waals surface area (Å²) in [6, 6.07) is 8.05. The maximum atomic E-state index is 10.9. The van der Waals surface area contributed by atoms with E-state index in [1.807, 2.05) is 49.1 Å². The van der Waals surface area contributed by atoms with Crippen molar-refractivity contribution in [3.05, 3.63) is 41.7 Å². The number of primary amides is 1. The van der Waals surface area contributed by atoms with E-state index in [1.54, 1.807) is 0 Å². The summed E-state index contributed by atoms with van der Waals surface area (Å²) in [5.41, 5.74) is 8.39. The molecule has 1 aromatic heterocycles. The van der Waals surface area contributed by atoms with Gasteiger partial charge in [0.1, 0.15) is 0 Å². The number of amides is 1. The third-order valence-corrected chi connectivity index (χ3v) is 4.24. The van der Waals surface area contributed by atoms with Crippen molar-refractivity contribution in [2.24, 2.45) is 12.8 Å². The Bertz CT molecular complexity index is 638. The van der Waals surface area contributed by atoms with Gasteiger partial charge in [-0.05, 0) is 26.0 Å². The number of nitrogens with one attached hydrogen (secondary N) is 1. The van der Waals surface area contributed by atoms with Crippen LogP contribution in [-0.2, 0) is 11.8 Å². The van der Waals surface area contributed by atoms with Crippen LogP contribution in [0.15, 0.2) is 35.4 Å². The SMILES string of the molecule is Cc1nn(C)cc1C(C)Nc1ccccc1SCC(N)=O. The lowest BCUT2D eigenvalue weighted by atomic mass is 10.1. The molecule has 6 heteroatoms. The van der Waals surface area contributed by atoms with Gasteiger partial charge in [-0.15, -0.1) is 11.8 Å². The molecule has 0 radical (unpaired) electrons. The molecule has 0 saturated heterocycles. The van der Waals surface area contributed by atoms with E-state index in [0.717, 1.165) is 21.8 Å². The fourth-order valence-electron chi connectivity index (χ4n) is 2.21. The molecule has 21 heavy (non-hydrogen) atoms. The normalized spacial score (nSPS) is 12.1. The molecule has 5 nitrogen and oxygen atoms in total. The van der Waals surface area contributed by atoms with E-state index in [1.165, 1.54) is 11.8 Å². The van der Waals surface area contributed by atoms with Gasteiger partial charge in [-0.2, -0.15) is 5.10 Å². The fraction of sp³-hybridized carbons (Fsp3) is 0.333. The lowest BCUT2D eigenvalue weighted by Crippen LogP contribution is -2.13. The van der Waals surface area contributed by atoms with E-state index in [9.17, 15) is 4.79 Å². The van der Waals surface area contributed by atoms with Crippen molar-refractivity contribution < 1.29 is 4.79 Å². The van der Waals surface area contributed by atoms with Gasteiger partial charge >= 0.3 is 0 Å². The van der Waals surface area contributed by atoms with E-state index in [0.29, 0.717) is 0 Å². The van der Waals surface area contributed by atoms with Crippen molar-refractivity contribution in [3.8, 4) is 0 Å². The molecular weight excluding hydrogens is 284 g/mol. The van der Waals surface area contributed by atoms with Gasteiger partial charge in [-0.25, -0.2) is 0 Å². The Hall–Kier alpha value is -1.95. The Morgan fingerprint density at radius 3 is 2.81 bits per heavy atom. The van der Waals surface area contributed by atoms with Gasteiger partial charge in [-0.3, -0.25) is 9.48 Å². The zero-order valence-electron chi connectivity index (χ0n) is 12.5. The van der Waals surface area contributed by atoms with E-state index >= 15 is 0 Å². The Labute approximate surface area is 128 Å². The smallest absolute Gasteiger partial charge is 0.227 e. The molecule has 1 aromatic carbocycles. The number of para-hydroxylation sites is 1. The van der Waals surface area contributed by atoms with Crippen LogP contribution in [0.4, 0.5) is 5.69 Å². The van der Waals surface area contributed by atoms with Crippen molar-refractivity contribution in [1.82, 2.24) is 9.78 Å². The highest BCUT2D eigenvalue weighted by atomic mass is 32.2. The topological polar surface area (TPSA) is 72.9 Å². The molecule has 2 aromatic rings. The van der Waals surface area contributed by atoms with Crippen LogP contribution in [0.3, 0.4) is 0 Å². The number of carbonyl (C=O) groups is 1. The average molecular weight is 304 g/mol. The number of hydrogen-bond donors (Lipinski definition) is 2. The number of anilines is 1. The zero-order chi connectivity index (χ0) is 15.4. The van der Waals surface area contributed by atoms with Crippen LogP contribution in [0.5, 0.6) is 0 Å². The maximum absolute atomic E-state index is 10.9. The first-order valence-corrected chi connectivity index (χ1v) is 7.72. The molecule has 0 spiro atoms. The van der Waals surface area contributed by atoms with E-state index in [-0.39, 0.29) is 17.7 Å². The molecule has 0 aliphatic carbocycles. The van der Waals surface area contributed by atoms with Gasteiger partial charge in [-0.1, -0.05) is 12.1 Å². The highest BCUT2D eigenvalue weighted by molar-refractivity contribution is 8.00. The number of thioether (sulfide) groups is 1. The third kappa shape index (κ3) is 4.01. The van der Waals surface area contributed by atoms with Crippen molar-refractivity contribution in [2.45, 2.75) is 24.8 Å². The summed E-state index contributed by atoms with van der Waals surface area (Å²) in [5.74, 6) is -0.0371. The summed E-state index contributed by atoms with van der Waals surface area (Å²) in [4.78, 5) is 12.0. The number of rotatable bonds is 6. The van der Waals surface area contributed by atoms with Gasteiger partial charge in [0.15, 0.2) is 0 Å². The van der Waals surface area contributed by atoms with Crippen LogP contribution in [0, 0.1) is 6.92 Å². The molecule has 1 atom stereocenters. The van der Waals surface area contributed by atoms with Crippen molar-refractivity contribution in [3.63, 3.8) is 0 Å². The summed E-state index contributed by atoms with van der Waals surface area (Å²) in [7, 11) is 1.92. The third-order valence-electron chi connectivity index (χ3n) is 3.15. The van der Waals surface area contributed by atoms with Gasteiger partial charge < -0.3 is 11.1 Å². The van der Waals surface area contributed by atoms with Crippen LogP contribution in [0.2, 0.25) is 0 Å². The minimum atomic E-state index is -0.314. The molecule has 1 unspecified atom stereocenters. The van der Waals surface area contributed by atoms with Crippen LogP contribution in [-0.4, -0.2) is 21.4 Å². The van der Waals surface area contributed by atoms with Crippen molar-refractivity contribution >= 4 is 23.4 Å². The molecule has 0 aliphatic heterocycles. The number of benzene rings is 1. The highest BCUT2D eigenvalue weighted by Gasteiger charge is 2.13. The van der Waals surface area contributed by atoms with Gasteiger partial charge in [0.25, 0.3) is 0 Å². The fourth-order valence-corrected chi connectivity index (χ4v) is 2.97. The summed E-state index contributed by atoms with van der Waals surface area (Å²) in [5, 5.41) is 7.84. The summed E-state index contributed by atoms with van der Waals surface area (Å²) in [6.45, 7) is 4.10. The first-order chi connectivity index (χ1) is 9.97. The lowest BCUT2D eigenvalue weighted by Gasteiger charge is -2.17. The molecule has 3 N–H and O–H groups in total. The number of aromatic nitrogens is 2. The molecule has 1 amide bonds. The van der Waals surface area contributed by atoms with Crippen LogP contribution >= 0.6 is 11.8 Å². The minimum absolute atomic E-state index is 0.133. The average Bonchev–Trinajstić information content (AvgIpc) is 2.76. The zero-order valence-corrected chi connectivity index (χ0v) is 13.3. The first kappa shape index (κ1) is 15.4. The quantitative estimate of drug-likeness (QED) is 0.804. The number of hydrogen-bond acceptors (Lipinski definition) is 4. The Morgan fingerprint density at radius 1 is 1.48 bits per heavy atom. The Balaban J connectivity index is 2.15. The number of aryl methyl sites for hydroxylation is 2. The summed E-state index contributed by atoms with van der Waals surface area (Å²) >= 11 is 1.44. The second kappa shape index (κ2) is 6.67. The van der Waals surface area contributed by atoms with Gasteiger partial charge in [0.05, 0.1) is 17.5 Å². The minimum Gasteiger partial charge on any atom is -0.377 e. The van der Waals surface area contributed by atoms with Gasteiger partial charge in [0, 0.05) is 29.4 Å². The molecule has 0 bridgehead atoms. The molecule has 2 rings (SSSR count). The number of carbonyl (C=O) groups excluding carboxylic acids is 1. The predicted molar refractivity (Wildman–Crippen MR) is 86.3 cm³/mol. The van der Waals surface area contributed by atoms with Crippen molar-refractivity contribution in [2.75, 3.05) is 11.1 Å². The van der Waals surface area contributed by atoms with Crippen LogP contribution in [0.1, 0.15) is 24.2 Å². The molecule has 0 fully saturated rings. The standard InChI is InChI=1S/C15H20N4OS/c1-10(12-8-19(3)18-11(12)2)17-13-6-4-5-7-14(13)21-9-15(16)20/h4-8,10,17H,9H2,1-3H3,(H2,16,20). The monoisotopic (exact) mass is 304 g/mol. The first-order valence-electron chi connectivity index (χ1n) is 6.74. The maximum Gasteiger partial charge on any atom is 0.227 e. The van der Waals surface area contributed by atoms with E-state index in [2.05, 4.69) is 17.3 Å². The second-order valence-electron chi connectivity index (χ2n) is 4.96. The molecular formula is C15H20N4OS. The lowest BCUT2D eigenvalue weighted by molar-refractivity contribution is -0.115. The van der Waals surface area contributed by atoms with Crippen molar-refractivity contribution in [1.29, 1.82) is 0 Å². The predicted octanol–water partition coefficient (Wildman–Crippen LogP) is 2.48. The largest absolute Gasteiger partial charge is 0.377 e. The molecule has 1 heterocycles. The molecule has 0 saturated carbocycles.